The van der Waals surface area contributed by atoms with Crippen molar-refractivity contribution in [2.75, 3.05) is 47.5 Å². The maximum Gasteiger partial charge on any atom is 0.306 e. The highest BCUT2D eigenvalue weighted by Gasteiger charge is 2.22. The van der Waals surface area contributed by atoms with Crippen molar-refractivity contribution in [1.29, 1.82) is 0 Å². The molecule has 0 saturated heterocycles. The predicted molar refractivity (Wildman–Crippen MR) is 274 cm³/mol. The fourth-order valence-corrected chi connectivity index (χ4v) is 8.66. The lowest BCUT2D eigenvalue weighted by molar-refractivity contribution is -0.870. The summed E-state index contributed by atoms with van der Waals surface area (Å²) in [6.45, 7) is 4.81. The van der Waals surface area contributed by atoms with Crippen LogP contribution in [0.1, 0.15) is 290 Å². The number of aliphatic carboxylic acids is 1. The van der Waals surface area contributed by atoms with Crippen molar-refractivity contribution in [3.05, 3.63) is 0 Å². The molecule has 0 aliphatic carbocycles. The van der Waals surface area contributed by atoms with Crippen molar-refractivity contribution in [2.45, 2.75) is 302 Å². The van der Waals surface area contributed by atoms with Gasteiger partial charge in [-0.3, -0.25) is 9.59 Å². The summed E-state index contributed by atoms with van der Waals surface area (Å²) >= 11 is 0. The number of carbonyl (C=O) groups excluding carboxylic acids is 3. The standard InChI is InChI=1S/C57H111NO8/c1-6-8-10-12-14-16-18-20-22-24-25-26-27-28-29-30-31-32-34-36-38-40-42-44-46-48-55(60)66-53(52-65-57(56(61)62)63-50-49-58(3,4)5)51-64-54(59)47-45-43-41-39-37-35-33-23-21-19-17-15-13-11-9-7-2/h53,57H,6-52H2,1-5H3. The van der Waals surface area contributed by atoms with Gasteiger partial charge in [0, 0.05) is 12.8 Å². The molecule has 0 heterocycles. The van der Waals surface area contributed by atoms with Gasteiger partial charge in [-0.15, -0.1) is 0 Å². The molecule has 392 valence electrons. The zero-order valence-corrected chi connectivity index (χ0v) is 44.6. The van der Waals surface area contributed by atoms with E-state index in [0.717, 1.165) is 38.5 Å². The summed E-state index contributed by atoms with van der Waals surface area (Å²) in [4.78, 5) is 37.2. The number of carboxylic acid groups (broad SMARTS) is 1. The molecule has 0 saturated carbocycles. The average molecular weight is 939 g/mol. The van der Waals surface area contributed by atoms with Crippen LogP contribution in [0.25, 0.3) is 0 Å². The van der Waals surface area contributed by atoms with Gasteiger partial charge in [-0.05, 0) is 12.8 Å². The van der Waals surface area contributed by atoms with Gasteiger partial charge in [0.1, 0.15) is 13.2 Å². The van der Waals surface area contributed by atoms with Crippen LogP contribution in [-0.2, 0) is 33.3 Å². The molecule has 9 heteroatoms. The van der Waals surface area contributed by atoms with E-state index in [1.54, 1.807) is 0 Å². The molecule has 2 atom stereocenters. The molecular weight excluding hydrogens is 827 g/mol. The minimum absolute atomic E-state index is 0.153. The van der Waals surface area contributed by atoms with Gasteiger partial charge in [-0.1, -0.05) is 264 Å². The smallest absolute Gasteiger partial charge is 0.306 e. The van der Waals surface area contributed by atoms with Gasteiger partial charge in [0.25, 0.3) is 0 Å². The molecule has 66 heavy (non-hydrogen) atoms. The second-order valence-electron chi connectivity index (χ2n) is 21.0. The van der Waals surface area contributed by atoms with E-state index in [4.69, 9.17) is 18.9 Å². The monoisotopic (exact) mass is 938 g/mol. The highest BCUT2D eigenvalue weighted by atomic mass is 16.7. The molecule has 9 nitrogen and oxygen atoms in total. The third kappa shape index (κ3) is 50.2. The molecule has 0 aliphatic heterocycles. The van der Waals surface area contributed by atoms with E-state index < -0.39 is 24.3 Å². The lowest BCUT2D eigenvalue weighted by Crippen LogP contribution is -2.44. The molecule has 0 radical (unpaired) electrons. The Balaban J connectivity index is 4.17. The van der Waals surface area contributed by atoms with Gasteiger partial charge in [0.2, 0.25) is 0 Å². The Morgan fingerprint density at radius 3 is 0.970 bits per heavy atom. The number of carbonyl (C=O) groups is 3. The van der Waals surface area contributed by atoms with Gasteiger partial charge in [0.05, 0.1) is 40.3 Å². The molecule has 0 aromatic rings. The number of unbranched alkanes of at least 4 members (excludes halogenated alkanes) is 39. The Morgan fingerprint density at radius 1 is 0.394 bits per heavy atom. The molecule has 0 spiro atoms. The lowest BCUT2D eigenvalue weighted by Gasteiger charge is -2.26. The summed E-state index contributed by atoms with van der Waals surface area (Å²) < 4.78 is 22.7. The molecule has 0 fully saturated rings. The highest BCUT2D eigenvalue weighted by molar-refractivity contribution is 5.70. The average Bonchev–Trinajstić information content (AvgIpc) is 3.28. The van der Waals surface area contributed by atoms with Crippen LogP contribution >= 0.6 is 0 Å². The second kappa shape index (κ2) is 49.7. The van der Waals surface area contributed by atoms with E-state index in [0.29, 0.717) is 17.4 Å². The van der Waals surface area contributed by atoms with Crippen LogP contribution in [0.3, 0.4) is 0 Å². The number of carboxylic acids is 1. The molecule has 2 unspecified atom stereocenters. The molecule has 0 N–H and O–H groups in total. The Morgan fingerprint density at radius 2 is 0.682 bits per heavy atom. The number of esters is 2. The largest absolute Gasteiger partial charge is 0.545 e. The summed E-state index contributed by atoms with van der Waals surface area (Å²) in [5.41, 5.74) is 0. The summed E-state index contributed by atoms with van der Waals surface area (Å²) in [6.07, 6.45) is 51.5. The molecule has 0 amide bonds. The van der Waals surface area contributed by atoms with Crippen molar-refractivity contribution in [3.63, 3.8) is 0 Å². The van der Waals surface area contributed by atoms with Crippen LogP contribution in [0.4, 0.5) is 0 Å². The van der Waals surface area contributed by atoms with Crippen molar-refractivity contribution >= 4 is 17.9 Å². The molecular formula is C57H111NO8. The Labute approximate surface area is 409 Å². The summed E-state index contributed by atoms with van der Waals surface area (Å²) in [7, 11) is 5.93. The molecule has 0 aliphatic rings. The molecule has 0 bridgehead atoms. The Bertz CT molecular complexity index is 1050. The number of nitrogens with zero attached hydrogens (tertiary/aromatic N) is 1. The van der Waals surface area contributed by atoms with Crippen molar-refractivity contribution in [2.24, 2.45) is 0 Å². The van der Waals surface area contributed by atoms with Crippen molar-refractivity contribution in [3.8, 4) is 0 Å². The van der Waals surface area contributed by atoms with E-state index >= 15 is 0 Å². The van der Waals surface area contributed by atoms with Gasteiger partial charge >= 0.3 is 11.9 Å². The Hall–Kier alpha value is -1.71. The zero-order chi connectivity index (χ0) is 48.4. The van der Waals surface area contributed by atoms with Gasteiger partial charge in [-0.25, -0.2) is 0 Å². The van der Waals surface area contributed by atoms with Crippen LogP contribution in [0.15, 0.2) is 0 Å². The first-order valence-corrected chi connectivity index (χ1v) is 28.7. The van der Waals surface area contributed by atoms with Gasteiger partial charge in [0.15, 0.2) is 12.4 Å². The van der Waals surface area contributed by atoms with E-state index in [2.05, 4.69) is 13.8 Å². The van der Waals surface area contributed by atoms with Crippen molar-refractivity contribution < 1.29 is 42.9 Å². The third-order valence-corrected chi connectivity index (χ3v) is 13.1. The quantitative estimate of drug-likeness (QED) is 0.0257. The first-order valence-electron chi connectivity index (χ1n) is 28.7. The van der Waals surface area contributed by atoms with Crippen LogP contribution in [-0.4, -0.2) is 82.3 Å². The van der Waals surface area contributed by atoms with Crippen LogP contribution < -0.4 is 5.11 Å². The maximum absolute atomic E-state index is 12.8. The first-order chi connectivity index (χ1) is 32.1. The third-order valence-electron chi connectivity index (χ3n) is 13.1. The van der Waals surface area contributed by atoms with E-state index in [1.807, 2.05) is 21.1 Å². The van der Waals surface area contributed by atoms with Crippen LogP contribution in [0.5, 0.6) is 0 Å². The second-order valence-corrected chi connectivity index (χ2v) is 21.0. The zero-order valence-electron chi connectivity index (χ0n) is 44.6. The normalized spacial score (nSPS) is 12.7. The number of ether oxygens (including phenoxy) is 4. The van der Waals surface area contributed by atoms with E-state index in [-0.39, 0.29) is 32.2 Å². The molecule has 0 rings (SSSR count). The number of hydrogen-bond acceptors (Lipinski definition) is 8. The lowest BCUT2D eigenvalue weighted by atomic mass is 10.0. The van der Waals surface area contributed by atoms with Crippen LogP contribution in [0, 0.1) is 0 Å². The maximum atomic E-state index is 12.8. The number of hydrogen-bond donors (Lipinski definition) is 0. The summed E-state index contributed by atoms with van der Waals surface area (Å²) in [6, 6.07) is 0. The molecule has 0 aromatic heterocycles. The van der Waals surface area contributed by atoms with Crippen LogP contribution in [0.2, 0.25) is 0 Å². The SMILES string of the molecule is CCCCCCCCCCCCCCCCCCCCCCCCCCCC(=O)OC(COC(=O)CCCCCCCCCCCCCCCCCC)COC(OCC[N+](C)(C)C)C(=O)[O-]. The fourth-order valence-electron chi connectivity index (χ4n) is 8.66. The van der Waals surface area contributed by atoms with Crippen molar-refractivity contribution in [1.82, 2.24) is 0 Å². The minimum atomic E-state index is -1.61. The fraction of sp³-hybridized carbons (Fsp3) is 0.947. The topological polar surface area (TPSA) is 111 Å². The molecule has 0 aromatic carbocycles. The van der Waals surface area contributed by atoms with Gasteiger partial charge < -0.3 is 33.3 Å². The predicted octanol–water partition coefficient (Wildman–Crippen LogP) is 15.1. The highest BCUT2D eigenvalue weighted by Crippen LogP contribution is 2.18. The van der Waals surface area contributed by atoms with E-state index in [1.165, 1.54) is 225 Å². The Kier molecular flexibility index (Phi) is 48.4. The first kappa shape index (κ1) is 64.3. The summed E-state index contributed by atoms with van der Waals surface area (Å²) in [5, 5.41) is 11.8. The summed E-state index contributed by atoms with van der Waals surface area (Å²) in [5.74, 6) is -2.25. The number of quaternary nitrogens is 1. The number of rotatable bonds is 54. The number of likely N-dealkylation sites (N-methyl/N-ethyl adjacent to an activating group) is 1. The van der Waals surface area contributed by atoms with Gasteiger partial charge in [-0.2, -0.15) is 0 Å². The minimum Gasteiger partial charge on any atom is -0.545 e. The van der Waals surface area contributed by atoms with E-state index in [9.17, 15) is 19.5 Å².